The summed E-state index contributed by atoms with van der Waals surface area (Å²) in [5, 5.41) is 3.68. The normalized spacial score (nSPS) is 11.9. The number of fused-ring (bicyclic) bond motifs is 4. The first-order chi connectivity index (χ1) is 25.3. The molecule has 0 amide bonds. The van der Waals surface area contributed by atoms with Crippen molar-refractivity contribution in [3.63, 3.8) is 0 Å². The van der Waals surface area contributed by atoms with Gasteiger partial charge < -0.3 is 14.0 Å². The average molecular weight is 904 g/mol. The van der Waals surface area contributed by atoms with Gasteiger partial charge in [-0.25, -0.2) is 0 Å². The standard InChI is InChI=1S/C29H23N2O.C19H26NSi.Ir/c1-29(2,3)19-15-17-20(18-16-19)31-25-13-6-5-12-24(25)30-28(31)23-11-8-10-22-21-9-4-7-14-26(21)32-27(22)23;1-14(2)10-17-12-18(16-9-7-8-15(3)11-16)20-13-19(17)21(4,5)6;/h4-10,12-18H,1-3H3;7-8,11-14H,10H2,1-6H3;/q2*-1;. The van der Waals surface area contributed by atoms with Gasteiger partial charge in [-0.05, 0) is 64.5 Å². The smallest absolute Gasteiger partial charge is 0.120 e. The quantitative estimate of drug-likeness (QED) is 0.123. The molecule has 6 heteroatoms. The Kier molecular flexibility index (Phi) is 11.3. The molecule has 0 unspecified atom stereocenters. The zero-order valence-corrected chi connectivity index (χ0v) is 36.2. The molecule has 0 atom stereocenters. The van der Waals surface area contributed by atoms with Gasteiger partial charge in [-0.15, -0.1) is 53.6 Å². The molecule has 4 nitrogen and oxygen atoms in total. The van der Waals surface area contributed by atoms with Gasteiger partial charge in [-0.1, -0.05) is 126 Å². The van der Waals surface area contributed by atoms with Crippen LogP contribution in [0.25, 0.3) is 61.3 Å². The molecule has 3 aromatic heterocycles. The van der Waals surface area contributed by atoms with Crippen molar-refractivity contribution in [3.05, 3.63) is 144 Å². The van der Waals surface area contributed by atoms with E-state index in [4.69, 9.17) is 14.4 Å². The number of hydrogen-bond donors (Lipinski definition) is 0. The summed E-state index contributed by atoms with van der Waals surface area (Å²) in [5.41, 5.74) is 11.9. The number of nitrogens with zero attached hydrogens (tertiary/aromatic N) is 3. The second-order valence-electron chi connectivity index (χ2n) is 16.6. The van der Waals surface area contributed by atoms with Crippen LogP contribution in [0.1, 0.15) is 51.3 Å². The second-order valence-corrected chi connectivity index (χ2v) is 21.6. The fourth-order valence-corrected chi connectivity index (χ4v) is 8.67. The Morgan fingerprint density at radius 2 is 1.52 bits per heavy atom. The van der Waals surface area contributed by atoms with Crippen molar-refractivity contribution in [2.75, 3.05) is 0 Å². The summed E-state index contributed by atoms with van der Waals surface area (Å²) in [6.45, 7) is 20.6. The topological polar surface area (TPSA) is 43.9 Å². The summed E-state index contributed by atoms with van der Waals surface area (Å²) in [5.74, 6) is 1.50. The Hall–Kier alpha value is -4.61. The van der Waals surface area contributed by atoms with Gasteiger partial charge in [0.25, 0.3) is 0 Å². The summed E-state index contributed by atoms with van der Waals surface area (Å²) >= 11 is 0. The molecular formula is C48H49IrN3OSi-2. The van der Waals surface area contributed by atoms with Crippen molar-refractivity contribution in [3.8, 4) is 28.3 Å². The molecule has 8 aromatic rings. The SMILES string of the molecule is CC(C)(C)c1ccc(-n2c(-c3[c-]ccc4c3oc3ccccc34)nc3ccccc32)cc1.Cc1cc[c-]c(-c2cc(CC(C)C)c([Si](C)(C)C)cn2)c1.[Ir]. The summed E-state index contributed by atoms with van der Waals surface area (Å²) < 4.78 is 8.51. The largest absolute Gasteiger partial charge is 0.501 e. The van der Waals surface area contributed by atoms with Gasteiger partial charge >= 0.3 is 0 Å². The maximum atomic E-state index is 6.30. The van der Waals surface area contributed by atoms with Crippen LogP contribution in [-0.2, 0) is 31.9 Å². The number of rotatable bonds is 6. The number of aryl methyl sites for hydroxylation is 1. The van der Waals surface area contributed by atoms with Crippen LogP contribution < -0.4 is 5.19 Å². The van der Waals surface area contributed by atoms with Gasteiger partial charge in [-0.3, -0.25) is 4.98 Å². The minimum Gasteiger partial charge on any atom is -0.501 e. The van der Waals surface area contributed by atoms with Gasteiger partial charge in [0.15, 0.2) is 0 Å². The van der Waals surface area contributed by atoms with Gasteiger partial charge in [0.05, 0.1) is 30.5 Å². The summed E-state index contributed by atoms with van der Waals surface area (Å²) in [6, 6.07) is 44.4. The van der Waals surface area contributed by atoms with Crippen LogP contribution >= 0.6 is 0 Å². The van der Waals surface area contributed by atoms with Gasteiger partial charge in [0, 0.05) is 37.4 Å². The molecule has 8 rings (SSSR count). The maximum absolute atomic E-state index is 6.30. The summed E-state index contributed by atoms with van der Waals surface area (Å²) in [4.78, 5) is 9.75. The summed E-state index contributed by atoms with van der Waals surface area (Å²) in [6.07, 6.45) is 3.25. The third-order valence-electron chi connectivity index (χ3n) is 9.77. The van der Waals surface area contributed by atoms with E-state index in [1.54, 1.807) is 0 Å². The predicted molar refractivity (Wildman–Crippen MR) is 226 cm³/mol. The molecule has 0 fully saturated rings. The van der Waals surface area contributed by atoms with E-state index in [1.165, 1.54) is 21.9 Å². The van der Waals surface area contributed by atoms with Gasteiger partial charge in [0.1, 0.15) is 5.58 Å². The van der Waals surface area contributed by atoms with Gasteiger partial charge in [-0.2, -0.15) is 0 Å². The van der Waals surface area contributed by atoms with Crippen molar-refractivity contribution >= 4 is 46.2 Å². The van der Waals surface area contributed by atoms with Crippen LogP contribution in [-0.4, -0.2) is 22.6 Å². The molecule has 0 aliphatic carbocycles. The molecule has 277 valence electrons. The van der Waals surface area contributed by atoms with E-state index in [1.807, 2.05) is 36.4 Å². The van der Waals surface area contributed by atoms with Crippen molar-refractivity contribution in [2.24, 2.45) is 5.92 Å². The van der Waals surface area contributed by atoms with E-state index < -0.39 is 8.07 Å². The van der Waals surface area contributed by atoms with E-state index in [0.717, 1.165) is 67.7 Å². The van der Waals surface area contributed by atoms with Crippen molar-refractivity contribution in [1.82, 2.24) is 14.5 Å². The van der Waals surface area contributed by atoms with E-state index in [-0.39, 0.29) is 25.5 Å². The van der Waals surface area contributed by atoms with E-state index in [9.17, 15) is 0 Å². The minimum atomic E-state index is -1.35. The number of para-hydroxylation sites is 3. The molecule has 0 aliphatic rings. The van der Waals surface area contributed by atoms with Crippen LogP contribution in [0.5, 0.6) is 0 Å². The molecule has 0 saturated heterocycles. The minimum absolute atomic E-state index is 0. The Morgan fingerprint density at radius 3 is 2.22 bits per heavy atom. The van der Waals surface area contributed by atoms with E-state index in [2.05, 4.69) is 157 Å². The third-order valence-corrected chi connectivity index (χ3v) is 11.8. The number of benzene rings is 5. The second kappa shape index (κ2) is 15.6. The monoisotopic (exact) mass is 904 g/mol. The fourth-order valence-electron chi connectivity index (χ4n) is 7.08. The number of hydrogen-bond acceptors (Lipinski definition) is 3. The molecule has 0 aliphatic heterocycles. The van der Waals surface area contributed by atoms with Crippen molar-refractivity contribution < 1.29 is 24.5 Å². The number of imidazole rings is 1. The first-order valence-electron chi connectivity index (χ1n) is 18.7. The van der Waals surface area contributed by atoms with Crippen LogP contribution in [0, 0.1) is 25.0 Å². The van der Waals surface area contributed by atoms with Gasteiger partial charge in [0.2, 0.25) is 0 Å². The van der Waals surface area contributed by atoms with E-state index in [0.29, 0.717) is 5.92 Å². The molecule has 3 heterocycles. The molecule has 54 heavy (non-hydrogen) atoms. The predicted octanol–water partition coefficient (Wildman–Crippen LogP) is 12.3. The number of furan rings is 1. The van der Waals surface area contributed by atoms with Crippen molar-refractivity contribution in [2.45, 2.75) is 73.0 Å². The molecule has 0 saturated carbocycles. The molecular weight excluding hydrogens is 855 g/mol. The zero-order chi connectivity index (χ0) is 37.5. The number of pyridine rings is 1. The average Bonchev–Trinajstić information content (AvgIpc) is 3.70. The molecule has 5 aromatic carbocycles. The van der Waals surface area contributed by atoms with E-state index >= 15 is 0 Å². The Labute approximate surface area is 335 Å². The van der Waals surface area contributed by atoms with Crippen LogP contribution in [0.4, 0.5) is 0 Å². The van der Waals surface area contributed by atoms with Crippen molar-refractivity contribution in [1.29, 1.82) is 0 Å². The van der Waals surface area contributed by atoms with Crippen LogP contribution in [0.3, 0.4) is 0 Å². The Bertz CT molecular complexity index is 2550. The summed E-state index contributed by atoms with van der Waals surface area (Å²) in [7, 11) is -1.35. The number of aromatic nitrogens is 3. The zero-order valence-electron chi connectivity index (χ0n) is 32.8. The maximum Gasteiger partial charge on any atom is 0.120 e. The fraction of sp³-hybridized carbons (Fsp3) is 0.250. The molecule has 1 radical (unpaired) electrons. The third kappa shape index (κ3) is 8.07. The molecule has 0 bridgehead atoms. The van der Waals surface area contributed by atoms with Crippen LogP contribution in [0.2, 0.25) is 19.6 Å². The molecule has 0 N–H and O–H groups in total. The Morgan fingerprint density at radius 1 is 0.815 bits per heavy atom. The first kappa shape index (κ1) is 39.1. The Balaban J connectivity index is 0.000000198. The molecule has 0 spiro atoms. The first-order valence-corrected chi connectivity index (χ1v) is 22.2. The van der Waals surface area contributed by atoms with Crippen LogP contribution in [0.15, 0.2) is 120 Å².